The summed E-state index contributed by atoms with van der Waals surface area (Å²) >= 11 is 1.33. The fourth-order valence-electron chi connectivity index (χ4n) is 3.72. The van der Waals surface area contributed by atoms with E-state index >= 15 is 0 Å². The van der Waals surface area contributed by atoms with Crippen molar-refractivity contribution >= 4 is 28.9 Å². The molecular weight excluding hydrogens is 506 g/mol. The lowest BCUT2D eigenvalue weighted by atomic mass is 10.0. The van der Waals surface area contributed by atoms with Crippen molar-refractivity contribution in [2.45, 2.75) is 38.8 Å². The molecule has 0 fully saturated rings. The zero-order valence-electron chi connectivity index (χ0n) is 22.1. The third kappa shape index (κ3) is 10.1. The number of carbonyl (C=O) groups excluding carboxylic acids is 3. The summed E-state index contributed by atoms with van der Waals surface area (Å²) in [6.07, 6.45) is 15.0. The Morgan fingerprint density at radius 3 is 2.00 bits per heavy atom. The van der Waals surface area contributed by atoms with Crippen molar-refractivity contribution in [2.24, 2.45) is 0 Å². The molecule has 1 heterocycles. The summed E-state index contributed by atoms with van der Waals surface area (Å²) in [6, 6.07) is 18.0. The highest BCUT2D eigenvalue weighted by Crippen LogP contribution is 2.23. The molecular formula is C32H33N3O3S. The number of carbonyl (C=O) groups is 3. The van der Waals surface area contributed by atoms with Crippen LogP contribution < -0.4 is 10.6 Å². The molecule has 0 radical (unpaired) electrons. The highest BCUT2D eigenvalue weighted by molar-refractivity contribution is 7.09. The Morgan fingerprint density at radius 1 is 0.821 bits per heavy atom. The molecule has 2 aromatic carbocycles. The number of Topliss-reactive ketones (excluding diaryl/α,β-unsaturated/α-hetero) is 1. The third-order valence-electron chi connectivity index (χ3n) is 5.69. The zero-order valence-corrected chi connectivity index (χ0v) is 22.9. The van der Waals surface area contributed by atoms with Crippen molar-refractivity contribution in [1.29, 1.82) is 0 Å². The minimum atomic E-state index is -0.811. The van der Waals surface area contributed by atoms with E-state index < -0.39 is 12.1 Å². The summed E-state index contributed by atoms with van der Waals surface area (Å²) in [5.41, 5.74) is 2.31. The second-order valence-electron chi connectivity index (χ2n) is 8.78. The minimum Gasteiger partial charge on any atom is -0.345 e. The van der Waals surface area contributed by atoms with E-state index in [0.717, 1.165) is 11.1 Å². The smallest absolute Gasteiger partial charge is 0.244 e. The van der Waals surface area contributed by atoms with Gasteiger partial charge >= 0.3 is 0 Å². The highest BCUT2D eigenvalue weighted by Gasteiger charge is 2.26. The van der Waals surface area contributed by atoms with Gasteiger partial charge in [0.2, 0.25) is 11.8 Å². The van der Waals surface area contributed by atoms with Gasteiger partial charge in [-0.3, -0.25) is 14.4 Å². The maximum atomic E-state index is 13.6. The molecule has 0 saturated carbocycles. The molecule has 2 atom stereocenters. The van der Waals surface area contributed by atoms with Crippen molar-refractivity contribution in [3.8, 4) is 0 Å². The van der Waals surface area contributed by atoms with Crippen LogP contribution >= 0.6 is 11.3 Å². The minimum absolute atomic E-state index is 0.130. The van der Waals surface area contributed by atoms with Crippen molar-refractivity contribution in [3.63, 3.8) is 0 Å². The Kier molecular flexibility index (Phi) is 11.8. The molecule has 3 aromatic rings. The van der Waals surface area contributed by atoms with Crippen molar-refractivity contribution in [1.82, 2.24) is 15.6 Å². The first-order chi connectivity index (χ1) is 19.0. The maximum absolute atomic E-state index is 13.6. The highest BCUT2D eigenvalue weighted by atomic mass is 32.1. The van der Waals surface area contributed by atoms with E-state index in [1.54, 1.807) is 17.5 Å². The van der Waals surface area contributed by atoms with Crippen LogP contribution in [0.5, 0.6) is 0 Å². The average molecular weight is 540 g/mol. The molecule has 0 bridgehead atoms. The average Bonchev–Trinajstić information content (AvgIpc) is 3.44. The molecule has 0 aliphatic heterocycles. The quantitative estimate of drug-likeness (QED) is 0.165. The fraction of sp³-hybridized carbons (Fsp3) is 0.188. The number of nitrogens with zero attached hydrogens (tertiary/aromatic N) is 1. The largest absolute Gasteiger partial charge is 0.345 e. The molecule has 1 aromatic heterocycles. The number of thiazole rings is 1. The lowest BCUT2D eigenvalue weighted by Gasteiger charge is -2.22. The number of hydrogen-bond acceptors (Lipinski definition) is 5. The number of nitrogens with one attached hydrogen (secondary N) is 2. The molecule has 0 aliphatic rings. The predicted octanol–water partition coefficient (Wildman–Crippen LogP) is 5.72. The van der Waals surface area contributed by atoms with Crippen molar-refractivity contribution in [2.75, 3.05) is 0 Å². The van der Waals surface area contributed by atoms with Crippen molar-refractivity contribution < 1.29 is 14.4 Å². The van der Waals surface area contributed by atoms with E-state index in [1.807, 2.05) is 98.0 Å². The Hall–Kier alpha value is -4.36. The Bertz CT molecular complexity index is 1340. The van der Waals surface area contributed by atoms with E-state index in [9.17, 15) is 14.4 Å². The summed E-state index contributed by atoms with van der Waals surface area (Å²) in [6.45, 7) is 3.40. The predicted molar refractivity (Wildman–Crippen MR) is 157 cm³/mol. The van der Waals surface area contributed by atoms with Crippen LogP contribution in [-0.4, -0.2) is 28.6 Å². The summed E-state index contributed by atoms with van der Waals surface area (Å²) in [7, 11) is 0. The summed E-state index contributed by atoms with van der Waals surface area (Å²) in [4.78, 5) is 42.7. The fourth-order valence-corrected chi connectivity index (χ4v) is 4.63. The third-order valence-corrected chi connectivity index (χ3v) is 6.65. The molecule has 7 heteroatoms. The van der Waals surface area contributed by atoms with Crippen LogP contribution in [0.1, 0.15) is 46.5 Å². The van der Waals surface area contributed by atoms with Crippen LogP contribution in [0.25, 0.3) is 0 Å². The van der Waals surface area contributed by atoms with E-state index in [2.05, 4.69) is 15.6 Å². The summed E-state index contributed by atoms with van der Waals surface area (Å²) in [5, 5.41) is 8.28. The van der Waals surface area contributed by atoms with Crippen LogP contribution in [0.3, 0.4) is 0 Å². The second-order valence-corrected chi connectivity index (χ2v) is 9.67. The number of aromatic nitrogens is 1. The molecule has 39 heavy (non-hydrogen) atoms. The molecule has 0 aliphatic carbocycles. The number of hydrogen-bond donors (Lipinski definition) is 2. The van der Waals surface area contributed by atoms with Crippen LogP contribution in [0.4, 0.5) is 0 Å². The summed E-state index contributed by atoms with van der Waals surface area (Å²) in [5.74, 6) is -0.832. The normalized spacial score (nSPS) is 13.3. The van der Waals surface area contributed by atoms with Crippen LogP contribution in [-0.2, 0) is 22.4 Å². The molecule has 0 saturated heterocycles. The number of amides is 2. The van der Waals surface area contributed by atoms with Gasteiger partial charge in [0.15, 0.2) is 5.78 Å². The first-order valence-electron chi connectivity index (χ1n) is 12.7. The number of benzene rings is 2. The molecule has 2 N–H and O–H groups in total. The zero-order chi connectivity index (χ0) is 27.9. The topological polar surface area (TPSA) is 88.2 Å². The number of ketones is 1. The van der Waals surface area contributed by atoms with Crippen molar-refractivity contribution in [3.05, 3.63) is 136 Å². The van der Waals surface area contributed by atoms with Gasteiger partial charge in [-0.2, -0.15) is 0 Å². The molecule has 0 unspecified atom stereocenters. The van der Waals surface area contributed by atoms with Crippen LogP contribution in [0, 0.1) is 0 Å². The molecule has 6 nitrogen and oxygen atoms in total. The van der Waals surface area contributed by atoms with Gasteiger partial charge in [0.1, 0.15) is 16.7 Å². The first kappa shape index (κ1) is 29.2. The lowest BCUT2D eigenvalue weighted by Crippen LogP contribution is -2.48. The molecule has 2 amide bonds. The van der Waals surface area contributed by atoms with Gasteiger partial charge in [0, 0.05) is 24.8 Å². The molecule has 3 rings (SSSR count). The van der Waals surface area contributed by atoms with Gasteiger partial charge in [-0.05, 0) is 24.5 Å². The van der Waals surface area contributed by atoms with Gasteiger partial charge in [-0.25, -0.2) is 4.98 Å². The first-order valence-corrected chi connectivity index (χ1v) is 13.6. The van der Waals surface area contributed by atoms with Gasteiger partial charge in [0.05, 0.1) is 6.04 Å². The SMILES string of the molecule is C/C=C/C=C/C=C/C=C/C(=O)N[C@@H](Cc1ccccc1)C(=O)N[C@@H](Cc1ccccc1)c1nc(C(C)=O)cs1. The van der Waals surface area contributed by atoms with E-state index in [1.165, 1.54) is 24.3 Å². The van der Waals surface area contributed by atoms with Gasteiger partial charge in [-0.1, -0.05) is 103 Å². The lowest BCUT2D eigenvalue weighted by molar-refractivity contribution is -0.127. The number of rotatable bonds is 13. The van der Waals surface area contributed by atoms with E-state index in [0.29, 0.717) is 23.5 Å². The molecule has 200 valence electrons. The maximum Gasteiger partial charge on any atom is 0.244 e. The van der Waals surface area contributed by atoms with E-state index in [-0.39, 0.29) is 17.6 Å². The Morgan fingerprint density at radius 2 is 1.41 bits per heavy atom. The van der Waals surface area contributed by atoms with Crippen LogP contribution in [0.15, 0.2) is 115 Å². The van der Waals surface area contributed by atoms with E-state index in [4.69, 9.17) is 0 Å². The number of allylic oxidation sites excluding steroid dienone is 7. The Labute approximate surface area is 233 Å². The monoisotopic (exact) mass is 539 g/mol. The van der Waals surface area contributed by atoms with Gasteiger partial charge in [0.25, 0.3) is 0 Å². The molecule has 0 spiro atoms. The summed E-state index contributed by atoms with van der Waals surface area (Å²) < 4.78 is 0. The van der Waals surface area contributed by atoms with Gasteiger partial charge in [-0.15, -0.1) is 11.3 Å². The van der Waals surface area contributed by atoms with Gasteiger partial charge < -0.3 is 10.6 Å². The second kappa shape index (κ2) is 15.8. The van der Waals surface area contributed by atoms with Crippen LogP contribution in [0.2, 0.25) is 0 Å². The Balaban J connectivity index is 1.79. The standard InChI is InChI=1S/C32H33N3O3S/c1-3-4-5-6-7-8-15-20-30(37)33-27(21-25-16-11-9-12-17-25)31(38)34-28(22-26-18-13-10-14-19-26)32-35-29(23-39-32)24(2)36/h3-20,23,27-28H,21-22H2,1-2H3,(H,33,37)(H,34,38)/b4-3+,6-5+,8-7+,20-15+/t27-,28-/m0/s1.